The molecule has 6 nitrogen and oxygen atoms in total. The summed E-state index contributed by atoms with van der Waals surface area (Å²) < 4.78 is 5.58. The van der Waals surface area contributed by atoms with E-state index >= 15 is 0 Å². The molecule has 3 aromatic rings. The standard InChI is InChI=1S/C25H17Cl3N2O4S/c26-17-5-7-18(8-6-17)29-23(31)14-34-19-3-1-2-15(10-19)12-22-24(32)30(25(33)35-22)13-16-4-9-20(27)21(28)11-16/h1-12H,13-14H2,(H,29,31)/b22-12-. The summed E-state index contributed by atoms with van der Waals surface area (Å²) in [5, 5.41) is 3.66. The van der Waals surface area contributed by atoms with Crippen molar-refractivity contribution in [3.05, 3.63) is 97.8 Å². The van der Waals surface area contributed by atoms with Crippen LogP contribution in [0.1, 0.15) is 11.1 Å². The van der Waals surface area contributed by atoms with Gasteiger partial charge in [-0.05, 0) is 77.5 Å². The van der Waals surface area contributed by atoms with E-state index in [0.29, 0.717) is 37.6 Å². The first-order chi connectivity index (χ1) is 16.8. The van der Waals surface area contributed by atoms with E-state index in [9.17, 15) is 14.4 Å². The molecular weight excluding hydrogens is 531 g/mol. The van der Waals surface area contributed by atoms with Gasteiger partial charge < -0.3 is 10.1 Å². The lowest BCUT2D eigenvalue weighted by Crippen LogP contribution is -2.27. The van der Waals surface area contributed by atoms with Crippen LogP contribution in [0.5, 0.6) is 5.75 Å². The summed E-state index contributed by atoms with van der Waals surface area (Å²) >= 11 is 18.7. The van der Waals surface area contributed by atoms with Gasteiger partial charge >= 0.3 is 0 Å². The number of hydrogen-bond donors (Lipinski definition) is 1. The summed E-state index contributed by atoms with van der Waals surface area (Å²) in [5.41, 5.74) is 1.95. The predicted molar refractivity (Wildman–Crippen MR) is 140 cm³/mol. The summed E-state index contributed by atoms with van der Waals surface area (Å²) in [4.78, 5) is 38.9. The molecule has 0 unspecified atom stereocenters. The maximum Gasteiger partial charge on any atom is 0.293 e. The first-order valence-corrected chi connectivity index (χ1v) is 12.2. The minimum atomic E-state index is -0.403. The zero-order valence-corrected chi connectivity index (χ0v) is 21.0. The molecule has 0 radical (unpaired) electrons. The van der Waals surface area contributed by atoms with Crippen molar-refractivity contribution in [3.8, 4) is 5.75 Å². The number of nitrogens with zero attached hydrogens (tertiary/aromatic N) is 1. The first kappa shape index (κ1) is 25.1. The summed E-state index contributed by atoms with van der Waals surface area (Å²) in [6.45, 7) is -0.114. The van der Waals surface area contributed by atoms with E-state index in [0.717, 1.165) is 16.7 Å². The first-order valence-electron chi connectivity index (χ1n) is 10.3. The van der Waals surface area contributed by atoms with Gasteiger partial charge in [-0.1, -0.05) is 53.0 Å². The summed E-state index contributed by atoms with van der Waals surface area (Å²) in [6, 6.07) is 18.6. The van der Waals surface area contributed by atoms with Gasteiger partial charge in [-0.3, -0.25) is 19.3 Å². The Morgan fingerprint density at radius 3 is 2.49 bits per heavy atom. The number of nitrogens with one attached hydrogen (secondary N) is 1. The third-order valence-electron chi connectivity index (χ3n) is 4.85. The van der Waals surface area contributed by atoms with E-state index < -0.39 is 5.91 Å². The molecule has 0 aliphatic carbocycles. The number of anilines is 1. The van der Waals surface area contributed by atoms with Crippen molar-refractivity contribution in [1.82, 2.24) is 4.90 Å². The number of halogens is 3. The van der Waals surface area contributed by atoms with Crippen LogP contribution in [0, 0.1) is 0 Å². The van der Waals surface area contributed by atoms with Crippen molar-refractivity contribution in [3.63, 3.8) is 0 Å². The molecule has 35 heavy (non-hydrogen) atoms. The Morgan fingerprint density at radius 2 is 1.74 bits per heavy atom. The Hall–Kier alpha value is -2.97. The van der Waals surface area contributed by atoms with Crippen LogP contribution in [0.4, 0.5) is 10.5 Å². The summed E-state index contributed by atoms with van der Waals surface area (Å²) in [6.07, 6.45) is 1.61. The van der Waals surface area contributed by atoms with Gasteiger partial charge in [0.15, 0.2) is 6.61 Å². The van der Waals surface area contributed by atoms with Gasteiger partial charge in [0.1, 0.15) is 5.75 Å². The maximum absolute atomic E-state index is 12.8. The smallest absolute Gasteiger partial charge is 0.293 e. The van der Waals surface area contributed by atoms with Gasteiger partial charge in [-0.2, -0.15) is 0 Å². The van der Waals surface area contributed by atoms with Gasteiger partial charge in [0, 0.05) is 10.7 Å². The fourth-order valence-electron chi connectivity index (χ4n) is 3.18. The normalized spacial score (nSPS) is 14.5. The molecule has 1 heterocycles. The molecule has 178 valence electrons. The van der Waals surface area contributed by atoms with Crippen molar-refractivity contribution in [2.75, 3.05) is 11.9 Å². The summed E-state index contributed by atoms with van der Waals surface area (Å²) in [7, 11) is 0. The topological polar surface area (TPSA) is 75.7 Å². The van der Waals surface area contributed by atoms with Crippen molar-refractivity contribution < 1.29 is 19.1 Å². The van der Waals surface area contributed by atoms with E-state index in [-0.39, 0.29) is 29.2 Å². The largest absolute Gasteiger partial charge is 0.484 e. The van der Waals surface area contributed by atoms with Crippen LogP contribution in [-0.2, 0) is 16.1 Å². The molecule has 0 atom stereocenters. The molecule has 3 aromatic carbocycles. The predicted octanol–water partition coefficient (Wildman–Crippen LogP) is 6.90. The minimum absolute atomic E-state index is 0.0881. The Balaban J connectivity index is 1.39. The molecular formula is C25H17Cl3N2O4S. The Morgan fingerprint density at radius 1 is 0.971 bits per heavy atom. The monoisotopic (exact) mass is 546 g/mol. The van der Waals surface area contributed by atoms with Crippen LogP contribution in [-0.4, -0.2) is 28.6 Å². The Bertz CT molecular complexity index is 1330. The molecule has 4 rings (SSSR count). The second-order valence-corrected chi connectivity index (χ2v) is 9.68. The van der Waals surface area contributed by atoms with Crippen LogP contribution >= 0.6 is 46.6 Å². The molecule has 1 saturated heterocycles. The molecule has 10 heteroatoms. The number of ether oxygens (including phenoxy) is 1. The second kappa shape index (κ2) is 11.2. The number of thioether (sulfide) groups is 1. The number of imide groups is 1. The second-order valence-electron chi connectivity index (χ2n) is 7.43. The third kappa shape index (κ3) is 6.58. The van der Waals surface area contributed by atoms with E-state index in [1.54, 1.807) is 72.8 Å². The number of amides is 3. The lowest BCUT2D eigenvalue weighted by molar-refractivity contribution is -0.123. The third-order valence-corrected chi connectivity index (χ3v) is 6.75. The highest BCUT2D eigenvalue weighted by Gasteiger charge is 2.35. The minimum Gasteiger partial charge on any atom is -0.484 e. The van der Waals surface area contributed by atoms with E-state index in [1.807, 2.05) is 0 Å². The highest BCUT2D eigenvalue weighted by atomic mass is 35.5. The van der Waals surface area contributed by atoms with Crippen molar-refractivity contribution in [1.29, 1.82) is 0 Å². The highest BCUT2D eigenvalue weighted by Crippen LogP contribution is 2.34. The van der Waals surface area contributed by atoms with Crippen molar-refractivity contribution in [2.45, 2.75) is 6.54 Å². The Kier molecular flexibility index (Phi) is 8.03. The van der Waals surface area contributed by atoms with E-state index in [2.05, 4.69) is 5.32 Å². The van der Waals surface area contributed by atoms with Crippen molar-refractivity contribution in [2.24, 2.45) is 0 Å². The highest BCUT2D eigenvalue weighted by molar-refractivity contribution is 8.18. The quantitative estimate of drug-likeness (QED) is 0.326. The van der Waals surface area contributed by atoms with Gasteiger partial charge in [0.25, 0.3) is 17.1 Å². The van der Waals surface area contributed by atoms with Crippen LogP contribution in [0.3, 0.4) is 0 Å². The number of rotatable bonds is 7. The average molecular weight is 548 g/mol. The number of carbonyl (C=O) groups is 3. The molecule has 1 N–H and O–H groups in total. The van der Waals surface area contributed by atoms with Crippen LogP contribution < -0.4 is 10.1 Å². The molecule has 0 saturated carbocycles. The molecule has 1 aliphatic rings. The Labute approximate surface area is 220 Å². The summed E-state index contributed by atoms with van der Waals surface area (Å²) in [5.74, 6) is -0.291. The van der Waals surface area contributed by atoms with Crippen LogP contribution in [0.15, 0.2) is 71.6 Å². The SMILES string of the molecule is O=C(COc1cccc(/C=C2\SC(=O)N(Cc3ccc(Cl)c(Cl)c3)C2=O)c1)Nc1ccc(Cl)cc1. The van der Waals surface area contributed by atoms with Gasteiger partial charge in [0.05, 0.1) is 21.5 Å². The lowest BCUT2D eigenvalue weighted by Gasteiger charge is -2.13. The van der Waals surface area contributed by atoms with Crippen LogP contribution in [0.2, 0.25) is 15.1 Å². The fourth-order valence-corrected chi connectivity index (χ4v) is 4.47. The van der Waals surface area contributed by atoms with Gasteiger partial charge in [-0.15, -0.1) is 0 Å². The molecule has 0 spiro atoms. The van der Waals surface area contributed by atoms with Gasteiger partial charge in [-0.25, -0.2) is 0 Å². The number of benzene rings is 3. The molecule has 1 fully saturated rings. The molecule has 3 amide bonds. The van der Waals surface area contributed by atoms with Crippen LogP contribution in [0.25, 0.3) is 6.08 Å². The molecule has 1 aliphatic heterocycles. The van der Waals surface area contributed by atoms with Gasteiger partial charge in [0.2, 0.25) is 0 Å². The number of hydrogen-bond acceptors (Lipinski definition) is 5. The average Bonchev–Trinajstić information content (AvgIpc) is 3.09. The van der Waals surface area contributed by atoms with E-state index in [4.69, 9.17) is 39.5 Å². The zero-order valence-electron chi connectivity index (χ0n) is 18.0. The molecule has 0 aromatic heterocycles. The van der Waals surface area contributed by atoms with E-state index in [1.165, 1.54) is 0 Å². The lowest BCUT2D eigenvalue weighted by atomic mass is 10.2. The van der Waals surface area contributed by atoms with Crippen molar-refractivity contribution >= 4 is 75.4 Å². The zero-order chi connectivity index (χ0) is 24.9. The maximum atomic E-state index is 12.8. The molecule has 0 bridgehead atoms. The fraction of sp³-hybridized carbons (Fsp3) is 0.0800. The number of carbonyl (C=O) groups excluding carboxylic acids is 3.